The van der Waals surface area contributed by atoms with Crippen molar-refractivity contribution in [3.63, 3.8) is 0 Å². The van der Waals surface area contributed by atoms with E-state index in [1.54, 1.807) is 6.92 Å². The van der Waals surface area contributed by atoms with E-state index in [0.29, 0.717) is 12.8 Å². The van der Waals surface area contributed by atoms with Crippen LogP contribution in [0.15, 0.2) is 0 Å². The maximum atomic E-state index is 12.0. The summed E-state index contributed by atoms with van der Waals surface area (Å²) in [6, 6.07) is -0.106. The second-order valence-corrected chi connectivity index (χ2v) is 7.64. The van der Waals surface area contributed by atoms with E-state index < -0.39 is 28.0 Å². The molecule has 0 aromatic heterocycles. The van der Waals surface area contributed by atoms with Crippen molar-refractivity contribution in [2.45, 2.75) is 57.3 Å². The zero-order chi connectivity index (χ0) is 14.0. The van der Waals surface area contributed by atoms with E-state index in [1.807, 2.05) is 6.92 Å². The molecule has 0 spiro atoms. The van der Waals surface area contributed by atoms with Crippen LogP contribution in [-0.4, -0.2) is 37.7 Å². The van der Waals surface area contributed by atoms with Gasteiger partial charge in [0, 0.05) is 18.0 Å². The van der Waals surface area contributed by atoms with Gasteiger partial charge in [-0.2, -0.15) is 13.2 Å². The highest BCUT2D eigenvalue weighted by Crippen LogP contribution is 2.25. The third-order valence-electron chi connectivity index (χ3n) is 3.20. The maximum Gasteiger partial charge on any atom is 0.389 e. The quantitative estimate of drug-likeness (QED) is 0.844. The first kappa shape index (κ1) is 15.8. The van der Waals surface area contributed by atoms with Gasteiger partial charge in [0.1, 0.15) is 0 Å². The summed E-state index contributed by atoms with van der Waals surface area (Å²) in [5.41, 5.74) is -0.490. The average molecular weight is 287 g/mol. The smallest absolute Gasteiger partial charge is 0.308 e. The van der Waals surface area contributed by atoms with E-state index in [2.05, 4.69) is 5.32 Å². The molecule has 1 rings (SSSR count). The van der Waals surface area contributed by atoms with E-state index >= 15 is 0 Å². The van der Waals surface area contributed by atoms with Gasteiger partial charge < -0.3 is 5.32 Å². The topological polar surface area (TPSA) is 46.2 Å². The van der Waals surface area contributed by atoms with Crippen LogP contribution in [0.4, 0.5) is 13.2 Å². The first-order chi connectivity index (χ1) is 8.02. The fourth-order valence-corrected chi connectivity index (χ4v) is 4.50. The molecule has 108 valence electrons. The summed E-state index contributed by atoms with van der Waals surface area (Å²) >= 11 is 0. The van der Waals surface area contributed by atoms with Crippen LogP contribution in [0.2, 0.25) is 0 Å². The Morgan fingerprint density at radius 3 is 2.44 bits per heavy atom. The second kappa shape index (κ2) is 5.36. The Hall–Kier alpha value is -0.300. The van der Waals surface area contributed by atoms with E-state index in [9.17, 15) is 21.6 Å². The zero-order valence-electron chi connectivity index (χ0n) is 10.7. The number of sulfone groups is 1. The van der Waals surface area contributed by atoms with E-state index in [4.69, 9.17) is 0 Å². The molecular formula is C11H20F3NO2S. The minimum atomic E-state index is -4.11. The number of halogens is 3. The summed E-state index contributed by atoms with van der Waals surface area (Å²) < 4.78 is 58.7. The normalized spacial score (nSPS) is 29.4. The Morgan fingerprint density at radius 2 is 2.00 bits per heavy atom. The molecule has 1 saturated heterocycles. The second-order valence-electron chi connectivity index (χ2n) is 5.46. The molecule has 0 aliphatic carbocycles. The molecule has 2 unspecified atom stereocenters. The summed E-state index contributed by atoms with van der Waals surface area (Å²) in [5.74, 6) is 0.232. The summed E-state index contributed by atoms with van der Waals surface area (Å²) in [5, 5.41) is 3.15. The standard InChI is InChI=1S/C11H20F3NO2S/c1-9(4-3-5-11(12,13)14)15-10(2)6-7-18(16,17)8-10/h9,15H,3-8H2,1-2H3. The molecule has 3 nitrogen and oxygen atoms in total. The molecule has 2 atom stereocenters. The molecule has 1 fully saturated rings. The van der Waals surface area contributed by atoms with Gasteiger partial charge in [-0.15, -0.1) is 0 Å². The number of nitrogens with one attached hydrogen (secondary N) is 1. The van der Waals surface area contributed by atoms with Crippen LogP contribution in [0.25, 0.3) is 0 Å². The van der Waals surface area contributed by atoms with Gasteiger partial charge in [-0.3, -0.25) is 0 Å². The van der Waals surface area contributed by atoms with Gasteiger partial charge in [-0.25, -0.2) is 8.42 Å². The summed E-state index contributed by atoms with van der Waals surface area (Å²) in [6.07, 6.45) is -3.90. The highest BCUT2D eigenvalue weighted by Gasteiger charge is 2.38. The van der Waals surface area contributed by atoms with Crippen LogP contribution in [0, 0.1) is 0 Å². The van der Waals surface area contributed by atoms with Gasteiger partial charge in [0.25, 0.3) is 0 Å². The molecule has 1 aliphatic rings. The molecule has 1 heterocycles. The van der Waals surface area contributed by atoms with Crippen molar-refractivity contribution in [2.75, 3.05) is 11.5 Å². The van der Waals surface area contributed by atoms with Gasteiger partial charge in [-0.05, 0) is 33.1 Å². The number of hydrogen-bond donors (Lipinski definition) is 1. The van der Waals surface area contributed by atoms with Gasteiger partial charge >= 0.3 is 6.18 Å². The fraction of sp³-hybridized carbons (Fsp3) is 1.00. The van der Waals surface area contributed by atoms with Crippen LogP contribution < -0.4 is 5.32 Å². The average Bonchev–Trinajstić information content (AvgIpc) is 2.37. The Kier molecular flexibility index (Phi) is 4.70. The van der Waals surface area contributed by atoms with Crippen LogP contribution >= 0.6 is 0 Å². The van der Waals surface area contributed by atoms with Gasteiger partial charge in [0.2, 0.25) is 0 Å². The van der Waals surface area contributed by atoms with Crippen molar-refractivity contribution < 1.29 is 21.6 Å². The Morgan fingerprint density at radius 1 is 1.39 bits per heavy atom. The molecule has 0 radical (unpaired) electrons. The lowest BCUT2D eigenvalue weighted by molar-refractivity contribution is -0.135. The van der Waals surface area contributed by atoms with Crippen molar-refractivity contribution in [1.29, 1.82) is 0 Å². The predicted octanol–water partition coefficient (Wildman–Crippen LogP) is 2.27. The molecule has 0 saturated carbocycles. The highest BCUT2D eigenvalue weighted by molar-refractivity contribution is 7.91. The number of hydrogen-bond acceptors (Lipinski definition) is 3. The van der Waals surface area contributed by atoms with Crippen molar-refractivity contribution in [1.82, 2.24) is 5.32 Å². The Bertz CT molecular complexity index is 380. The molecule has 1 aliphatic heterocycles. The third-order valence-corrected chi connectivity index (χ3v) is 5.10. The first-order valence-corrected chi connectivity index (χ1v) is 7.88. The third kappa shape index (κ3) is 5.56. The lowest BCUT2D eigenvalue weighted by Crippen LogP contribution is -2.48. The highest BCUT2D eigenvalue weighted by atomic mass is 32.2. The maximum absolute atomic E-state index is 12.0. The van der Waals surface area contributed by atoms with Crippen molar-refractivity contribution >= 4 is 9.84 Å². The van der Waals surface area contributed by atoms with Crippen molar-refractivity contribution in [3.05, 3.63) is 0 Å². The zero-order valence-corrected chi connectivity index (χ0v) is 11.5. The Labute approximate surface area is 106 Å². The minimum Gasteiger partial charge on any atom is -0.308 e. The van der Waals surface area contributed by atoms with Crippen LogP contribution in [0.5, 0.6) is 0 Å². The Balaban J connectivity index is 2.35. The fourth-order valence-electron chi connectivity index (χ4n) is 2.40. The molecule has 1 N–H and O–H groups in total. The monoisotopic (exact) mass is 287 g/mol. The molecule has 0 aromatic rings. The minimum absolute atomic E-state index is 0.0699. The molecule has 0 amide bonds. The SMILES string of the molecule is CC(CCCC(F)(F)F)NC1(C)CCS(=O)(=O)C1. The van der Waals surface area contributed by atoms with Gasteiger partial charge in [0.05, 0.1) is 11.5 Å². The van der Waals surface area contributed by atoms with Gasteiger partial charge in [0.15, 0.2) is 9.84 Å². The number of rotatable bonds is 5. The largest absolute Gasteiger partial charge is 0.389 e. The predicted molar refractivity (Wildman–Crippen MR) is 64.2 cm³/mol. The summed E-state index contributed by atoms with van der Waals surface area (Å²) in [4.78, 5) is 0. The van der Waals surface area contributed by atoms with Crippen molar-refractivity contribution in [3.8, 4) is 0 Å². The van der Waals surface area contributed by atoms with Gasteiger partial charge in [-0.1, -0.05) is 0 Å². The summed E-state index contributed by atoms with van der Waals surface area (Å²) in [7, 11) is -2.99. The lowest BCUT2D eigenvalue weighted by Gasteiger charge is -2.28. The molecule has 18 heavy (non-hydrogen) atoms. The molecule has 0 bridgehead atoms. The van der Waals surface area contributed by atoms with E-state index in [0.717, 1.165) is 0 Å². The van der Waals surface area contributed by atoms with Crippen LogP contribution in [0.1, 0.15) is 39.5 Å². The van der Waals surface area contributed by atoms with E-state index in [-0.39, 0.29) is 24.0 Å². The van der Waals surface area contributed by atoms with Crippen molar-refractivity contribution in [2.24, 2.45) is 0 Å². The van der Waals surface area contributed by atoms with Crippen LogP contribution in [-0.2, 0) is 9.84 Å². The lowest BCUT2D eigenvalue weighted by atomic mass is 9.99. The molecule has 0 aromatic carbocycles. The summed E-state index contributed by atoms with van der Waals surface area (Å²) in [6.45, 7) is 3.62. The first-order valence-electron chi connectivity index (χ1n) is 6.06. The number of alkyl halides is 3. The molecule has 7 heteroatoms. The van der Waals surface area contributed by atoms with Crippen LogP contribution in [0.3, 0.4) is 0 Å². The van der Waals surface area contributed by atoms with E-state index in [1.165, 1.54) is 0 Å². The molecular weight excluding hydrogens is 267 g/mol.